The lowest BCUT2D eigenvalue weighted by Gasteiger charge is -2.19. The lowest BCUT2D eigenvalue weighted by atomic mass is 9.99. The Hall–Kier alpha value is -1.32. The summed E-state index contributed by atoms with van der Waals surface area (Å²) in [5, 5.41) is 0. The number of rotatable bonds is 3. The predicted molar refractivity (Wildman–Crippen MR) is 57.9 cm³/mol. The molecule has 0 saturated heterocycles. The smallest absolute Gasteiger partial charge is 0.191 e. The zero-order valence-electron chi connectivity index (χ0n) is 9.93. The van der Waals surface area contributed by atoms with Crippen molar-refractivity contribution < 1.29 is 18.3 Å². The lowest BCUT2D eigenvalue weighted by molar-refractivity contribution is 0.183. The SMILES string of the molecule is COc1cc(F)c(OCC(C)(C)C)c(F)c1. The molecule has 0 saturated carbocycles. The maximum absolute atomic E-state index is 13.4. The molecule has 0 N–H and O–H groups in total. The third kappa shape index (κ3) is 3.36. The van der Waals surface area contributed by atoms with Gasteiger partial charge in [-0.1, -0.05) is 20.8 Å². The molecule has 2 nitrogen and oxygen atoms in total. The van der Waals surface area contributed by atoms with Crippen molar-refractivity contribution >= 4 is 0 Å². The normalized spacial score (nSPS) is 11.4. The fourth-order valence-corrected chi connectivity index (χ4v) is 1.08. The van der Waals surface area contributed by atoms with Crippen LogP contribution in [-0.4, -0.2) is 13.7 Å². The van der Waals surface area contributed by atoms with E-state index in [1.165, 1.54) is 7.11 Å². The second-order valence-electron chi connectivity index (χ2n) is 4.77. The molecule has 0 unspecified atom stereocenters. The Bertz CT molecular complexity index is 347. The van der Waals surface area contributed by atoms with Crippen molar-refractivity contribution in [1.82, 2.24) is 0 Å². The number of hydrogen-bond donors (Lipinski definition) is 0. The Morgan fingerprint density at radius 1 is 1.12 bits per heavy atom. The molecule has 1 aromatic rings. The molecular weight excluding hydrogens is 214 g/mol. The van der Waals surface area contributed by atoms with Crippen LogP contribution in [0.1, 0.15) is 20.8 Å². The number of ether oxygens (including phenoxy) is 2. The van der Waals surface area contributed by atoms with Crippen molar-refractivity contribution in [3.8, 4) is 11.5 Å². The van der Waals surface area contributed by atoms with Crippen LogP contribution in [0, 0.1) is 17.0 Å². The first kappa shape index (κ1) is 12.7. The average molecular weight is 230 g/mol. The van der Waals surface area contributed by atoms with Gasteiger partial charge in [0.15, 0.2) is 17.4 Å². The molecule has 0 amide bonds. The summed E-state index contributed by atoms with van der Waals surface area (Å²) in [5.41, 5.74) is -0.154. The second kappa shape index (κ2) is 4.68. The topological polar surface area (TPSA) is 18.5 Å². The van der Waals surface area contributed by atoms with Crippen LogP contribution >= 0.6 is 0 Å². The van der Waals surface area contributed by atoms with E-state index in [2.05, 4.69) is 0 Å². The van der Waals surface area contributed by atoms with Crippen molar-refractivity contribution in [3.63, 3.8) is 0 Å². The van der Waals surface area contributed by atoms with E-state index in [4.69, 9.17) is 9.47 Å². The fraction of sp³-hybridized carbons (Fsp3) is 0.500. The largest absolute Gasteiger partial charge is 0.497 e. The Kier molecular flexibility index (Phi) is 3.73. The molecule has 0 aliphatic rings. The summed E-state index contributed by atoms with van der Waals surface area (Å²) < 4.78 is 36.7. The van der Waals surface area contributed by atoms with Gasteiger partial charge >= 0.3 is 0 Å². The first-order chi connectivity index (χ1) is 7.33. The lowest BCUT2D eigenvalue weighted by Crippen LogP contribution is -2.18. The third-order valence-corrected chi connectivity index (χ3v) is 1.86. The van der Waals surface area contributed by atoms with Gasteiger partial charge < -0.3 is 9.47 Å². The average Bonchev–Trinajstić information content (AvgIpc) is 2.14. The minimum Gasteiger partial charge on any atom is -0.497 e. The van der Waals surface area contributed by atoms with Gasteiger partial charge in [-0.25, -0.2) is 8.78 Å². The van der Waals surface area contributed by atoms with E-state index in [-0.39, 0.29) is 23.5 Å². The summed E-state index contributed by atoms with van der Waals surface area (Å²) in [4.78, 5) is 0. The van der Waals surface area contributed by atoms with Crippen molar-refractivity contribution in [2.75, 3.05) is 13.7 Å². The second-order valence-corrected chi connectivity index (χ2v) is 4.77. The Morgan fingerprint density at radius 2 is 1.62 bits per heavy atom. The summed E-state index contributed by atoms with van der Waals surface area (Å²) in [7, 11) is 1.35. The number of hydrogen-bond acceptors (Lipinski definition) is 2. The van der Waals surface area contributed by atoms with Crippen LogP contribution < -0.4 is 9.47 Å². The molecular formula is C12H16F2O2. The van der Waals surface area contributed by atoms with Gasteiger partial charge in [0.05, 0.1) is 13.7 Å². The van der Waals surface area contributed by atoms with Gasteiger partial charge in [0.2, 0.25) is 0 Å². The monoisotopic (exact) mass is 230 g/mol. The van der Waals surface area contributed by atoms with Crippen LogP contribution in [0.5, 0.6) is 11.5 Å². The summed E-state index contributed by atoms with van der Waals surface area (Å²) >= 11 is 0. The van der Waals surface area contributed by atoms with Gasteiger partial charge in [0.25, 0.3) is 0 Å². The highest BCUT2D eigenvalue weighted by atomic mass is 19.1. The zero-order chi connectivity index (χ0) is 12.3. The molecule has 0 heterocycles. The van der Waals surface area contributed by atoms with Crippen molar-refractivity contribution in [2.45, 2.75) is 20.8 Å². The van der Waals surface area contributed by atoms with Crippen LogP contribution in [-0.2, 0) is 0 Å². The molecule has 0 fully saturated rings. The summed E-state index contributed by atoms with van der Waals surface area (Å²) in [5.74, 6) is -1.71. The van der Waals surface area contributed by atoms with E-state index >= 15 is 0 Å². The Morgan fingerprint density at radius 3 is 2.00 bits per heavy atom. The minimum absolute atomic E-state index is 0.137. The van der Waals surface area contributed by atoms with E-state index in [0.717, 1.165) is 12.1 Å². The molecule has 90 valence electrons. The molecule has 1 rings (SSSR count). The fourth-order valence-electron chi connectivity index (χ4n) is 1.08. The van der Waals surface area contributed by atoms with Gasteiger partial charge in [0, 0.05) is 12.1 Å². The van der Waals surface area contributed by atoms with Crippen molar-refractivity contribution in [2.24, 2.45) is 5.41 Å². The maximum Gasteiger partial charge on any atom is 0.191 e. The Balaban J connectivity index is 2.88. The van der Waals surface area contributed by atoms with Gasteiger partial charge in [-0.3, -0.25) is 0 Å². The highest BCUT2D eigenvalue weighted by Crippen LogP contribution is 2.28. The molecule has 0 radical (unpaired) electrons. The van der Waals surface area contributed by atoms with Crippen LogP contribution in [0.4, 0.5) is 8.78 Å². The molecule has 0 bridgehead atoms. The van der Waals surface area contributed by atoms with Crippen LogP contribution in [0.15, 0.2) is 12.1 Å². The van der Waals surface area contributed by atoms with Crippen molar-refractivity contribution in [3.05, 3.63) is 23.8 Å². The Labute approximate surface area is 94.2 Å². The molecule has 0 spiro atoms. The maximum atomic E-state index is 13.4. The van der Waals surface area contributed by atoms with Crippen LogP contribution in [0.25, 0.3) is 0 Å². The van der Waals surface area contributed by atoms with Crippen molar-refractivity contribution in [1.29, 1.82) is 0 Å². The summed E-state index contributed by atoms with van der Waals surface area (Å²) in [6.07, 6.45) is 0. The van der Waals surface area contributed by atoms with E-state index in [0.29, 0.717) is 0 Å². The van der Waals surface area contributed by atoms with Crippen LogP contribution in [0.3, 0.4) is 0 Å². The number of methoxy groups -OCH3 is 1. The van der Waals surface area contributed by atoms with Gasteiger partial charge in [-0.15, -0.1) is 0 Å². The quantitative estimate of drug-likeness (QED) is 0.792. The van der Waals surface area contributed by atoms with E-state index < -0.39 is 11.6 Å². The van der Waals surface area contributed by atoms with E-state index in [1.807, 2.05) is 20.8 Å². The standard InChI is InChI=1S/C12H16F2O2/c1-12(2,3)7-16-11-9(13)5-8(15-4)6-10(11)14/h5-6H,7H2,1-4H3. The number of benzene rings is 1. The van der Waals surface area contributed by atoms with E-state index in [9.17, 15) is 8.78 Å². The van der Waals surface area contributed by atoms with Crippen LogP contribution in [0.2, 0.25) is 0 Å². The molecule has 0 aromatic heterocycles. The van der Waals surface area contributed by atoms with Gasteiger partial charge in [-0.05, 0) is 5.41 Å². The number of halogens is 2. The molecule has 1 aromatic carbocycles. The zero-order valence-corrected chi connectivity index (χ0v) is 9.93. The summed E-state index contributed by atoms with van der Waals surface area (Å²) in [6.45, 7) is 6.01. The first-order valence-corrected chi connectivity index (χ1v) is 4.99. The first-order valence-electron chi connectivity index (χ1n) is 4.99. The molecule has 0 aliphatic heterocycles. The predicted octanol–water partition coefficient (Wildman–Crippen LogP) is 3.40. The molecule has 16 heavy (non-hydrogen) atoms. The highest BCUT2D eigenvalue weighted by Gasteiger charge is 2.17. The van der Waals surface area contributed by atoms with Gasteiger partial charge in [0.1, 0.15) is 5.75 Å². The minimum atomic E-state index is -0.749. The summed E-state index contributed by atoms with van der Waals surface area (Å²) in [6, 6.07) is 2.20. The van der Waals surface area contributed by atoms with Gasteiger partial charge in [-0.2, -0.15) is 0 Å². The molecule has 0 atom stereocenters. The molecule has 4 heteroatoms. The third-order valence-electron chi connectivity index (χ3n) is 1.86. The molecule has 0 aliphatic carbocycles. The van der Waals surface area contributed by atoms with E-state index in [1.54, 1.807) is 0 Å². The highest BCUT2D eigenvalue weighted by molar-refractivity contribution is 5.34.